The minimum Gasteiger partial charge on any atom is -0.389 e. The Labute approximate surface area is 121 Å². The highest BCUT2D eigenvalue weighted by atomic mass is 32.2. The largest absolute Gasteiger partial charge is 0.389 e. The zero-order valence-corrected chi connectivity index (χ0v) is 11.9. The van der Waals surface area contributed by atoms with Gasteiger partial charge in [0.05, 0.1) is 16.7 Å². The number of nitrogens with one attached hydrogen (secondary N) is 1. The number of hydrogen-bond donors (Lipinski definition) is 2. The molecule has 0 radical (unpaired) electrons. The molecule has 2 aromatic rings. The molecule has 21 heavy (non-hydrogen) atoms. The van der Waals surface area contributed by atoms with Gasteiger partial charge in [-0.1, -0.05) is 12.1 Å². The van der Waals surface area contributed by atoms with Crippen molar-refractivity contribution in [3.05, 3.63) is 59.7 Å². The summed E-state index contributed by atoms with van der Waals surface area (Å²) in [5.74, 6) is -2.21. The summed E-state index contributed by atoms with van der Waals surface area (Å²) < 4.78 is 52.4. The first-order valence-corrected chi connectivity index (χ1v) is 7.54. The Morgan fingerprint density at radius 2 is 1.81 bits per heavy atom. The normalized spacial score (nSPS) is 13.0. The Morgan fingerprint density at radius 1 is 1.10 bits per heavy atom. The predicted octanol–water partition coefficient (Wildman–Crippen LogP) is 2.82. The van der Waals surface area contributed by atoms with Gasteiger partial charge in [0.25, 0.3) is 10.0 Å². The van der Waals surface area contributed by atoms with E-state index in [1.807, 2.05) is 0 Å². The summed E-state index contributed by atoms with van der Waals surface area (Å²) >= 11 is 0. The van der Waals surface area contributed by atoms with Crippen LogP contribution in [0.4, 0.5) is 14.5 Å². The lowest BCUT2D eigenvalue weighted by Crippen LogP contribution is -2.13. The van der Waals surface area contributed by atoms with Gasteiger partial charge in [0.2, 0.25) is 0 Å². The number of halogens is 2. The van der Waals surface area contributed by atoms with E-state index in [4.69, 9.17) is 0 Å². The van der Waals surface area contributed by atoms with Crippen LogP contribution in [0, 0.1) is 11.6 Å². The van der Waals surface area contributed by atoms with E-state index < -0.39 is 27.8 Å². The monoisotopic (exact) mass is 313 g/mol. The second kappa shape index (κ2) is 5.79. The molecular formula is C14H13F2NO3S. The van der Waals surface area contributed by atoms with Gasteiger partial charge in [-0.2, -0.15) is 0 Å². The van der Waals surface area contributed by atoms with E-state index in [2.05, 4.69) is 4.72 Å². The van der Waals surface area contributed by atoms with Gasteiger partial charge in [-0.05, 0) is 36.8 Å². The van der Waals surface area contributed by atoms with Crippen molar-refractivity contribution in [2.24, 2.45) is 0 Å². The van der Waals surface area contributed by atoms with Crippen LogP contribution in [0.1, 0.15) is 18.6 Å². The smallest absolute Gasteiger partial charge is 0.261 e. The maximum Gasteiger partial charge on any atom is 0.261 e. The van der Waals surface area contributed by atoms with E-state index in [-0.39, 0.29) is 10.6 Å². The lowest BCUT2D eigenvalue weighted by atomic mass is 10.1. The maximum atomic E-state index is 13.1. The summed E-state index contributed by atoms with van der Waals surface area (Å²) in [6.07, 6.45) is -0.816. The van der Waals surface area contributed by atoms with E-state index >= 15 is 0 Å². The molecule has 0 amide bonds. The van der Waals surface area contributed by atoms with Crippen molar-refractivity contribution in [1.29, 1.82) is 0 Å². The summed E-state index contributed by atoms with van der Waals surface area (Å²) in [5.41, 5.74) is 0.347. The SMILES string of the molecule is CC(O)c1cccc(S(=O)(=O)Nc2ccc(F)c(F)c2)c1. The van der Waals surface area contributed by atoms with Gasteiger partial charge in [0, 0.05) is 6.07 Å². The third-order valence-electron chi connectivity index (χ3n) is 2.82. The molecule has 2 N–H and O–H groups in total. The van der Waals surface area contributed by atoms with Crippen LogP contribution in [-0.2, 0) is 10.0 Å². The molecule has 0 spiro atoms. The molecule has 0 aliphatic heterocycles. The molecular weight excluding hydrogens is 300 g/mol. The van der Waals surface area contributed by atoms with E-state index in [1.165, 1.54) is 25.1 Å². The fourth-order valence-corrected chi connectivity index (χ4v) is 2.82. The third kappa shape index (κ3) is 3.56. The minimum absolute atomic E-state index is 0.0781. The molecule has 0 aliphatic carbocycles. The molecule has 0 fully saturated rings. The molecule has 2 aromatic carbocycles. The van der Waals surface area contributed by atoms with Gasteiger partial charge in [-0.25, -0.2) is 17.2 Å². The average molecular weight is 313 g/mol. The summed E-state index contributed by atoms with van der Waals surface area (Å²) in [6.45, 7) is 1.51. The quantitative estimate of drug-likeness (QED) is 0.912. The zero-order chi connectivity index (χ0) is 15.6. The van der Waals surface area contributed by atoms with Crippen molar-refractivity contribution in [3.63, 3.8) is 0 Å². The van der Waals surface area contributed by atoms with Crippen LogP contribution in [0.25, 0.3) is 0 Å². The van der Waals surface area contributed by atoms with Crippen LogP contribution in [0.2, 0.25) is 0 Å². The van der Waals surface area contributed by atoms with Crippen molar-refractivity contribution in [1.82, 2.24) is 0 Å². The first kappa shape index (κ1) is 15.4. The van der Waals surface area contributed by atoms with Crippen LogP contribution in [-0.4, -0.2) is 13.5 Å². The molecule has 1 atom stereocenters. The number of sulfonamides is 1. The zero-order valence-electron chi connectivity index (χ0n) is 11.0. The summed E-state index contributed by atoms with van der Waals surface area (Å²) in [6, 6.07) is 8.43. The maximum absolute atomic E-state index is 13.1. The van der Waals surface area contributed by atoms with E-state index in [9.17, 15) is 22.3 Å². The van der Waals surface area contributed by atoms with Crippen LogP contribution in [0.15, 0.2) is 47.4 Å². The van der Waals surface area contributed by atoms with Crippen molar-refractivity contribution in [2.75, 3.05) is 4.72 Å². The molecule has 7 heteroatoms. The Bertz CT molecular complexity index is 761. The predicted molar refractivity (Wildman–Crippen MR) is 74.2 cm³/mol. The molecule has 112 valence electrons. The van der Waals surface area contributed by atoms with Crippen LogP contribution in [0.5, 0.6) is 0 Å². The van der Waals surface area contributed by atoms with Crippen LogP contribution in [0.3, 0.4) is 0 Å². The highest BCUT2D eigenvalue weighted by molar-refractivity contribution is 7.92. The Balaban J connectivity index is 2.33. The van der Waals surface area contributed by atoms with Gasteiger partial charge in [0.15, 0.2) is 11.6 Å². The van der Waals surface area contributed by atoms with Crippen molar-refractivity contribution >= 4 is 15.7 Å². The van der Waals surface area contributed by atoms with Crippen molar-refractivity contribution in [3.8, 4) is 0 Å². The van der Waals surface area contributed by atoms with Gasteiger partial charge >= 0.3 is 0 Å². The molecule has 0 saturated heterocycles. The summed E-state index contributed by atoms with van der Waals surface area (Å²) in [4.78, 5) is -0.0781. The Kier molecular flexibility index (Phi) is 4.24. The Morgan fingerprint density at radius 3 is 2.43 bits per heavy atom. The van der Waals surface area contributed by atoms with Crippen LogP contribution < -0.4 is 4.72 Å². The van der Waals surface area contributed by atoms with E-state index in [0.717, 1.165) is 18.2 Å². The lowest BCUT2D eigenvalue weighted by molar-refractivity contribution is 0.199. The minimum atomic E-state index is -3.95. The summed E-state index contributed by atoms with van der Waals surface area (Å²) in [5, 5.41) is 9.46. The molecule has 1 unspecified atom stereocenters. The standard InChI is InChI=1S/C14H13F2NO3S/c1-9(18)10-3-2-4-12(7-10)21(19,20)17-11-5-6-13(15)14(16)8-11/h2-9,17-18H,1H3. The molecule has 0 aliphatic rings. The van der Waals surface area contributed by atoms with E-state index in [0.29, 0.717) is 5.56 Å². The van der Waals surface area contributed by atoms with Crippen molar-refractivity contribution in [2.45, 2.75) is 17.9 Å². The number of hydrogen-bond acceptors (Lipinski definition) is 3. The molecule has 0 heterocycles. The fraction of sp³-hybridized carbons (Fsp3) is 0.143. The average Bonchev–Trinajstić information content (AvgIpc) is 2.43. The fourth-order valence-electron chi connectivity index (χ4n) is 1.72. The number of anilines is 1. The molecule has 0 bridgehead atoms. The molecule has 0 aromatic heterocycles. The number of benzene rings is 2. The molecule has 2 rings (SSSR count). The third-order valence-corrected chi connectivity index (χ3v) is 4.20. The van der Waals surface area contributed by atoms with Gasteiger partial charge in [-0.3, -0.25) is 4.72 Å². The Hall–Kier alpha value is -1.99. The summed E-state index contributed by atoms with van der Waals surface area (Å²) in [7, 11) is -3.95. The lowest BCUT2D eigenvalue weighted by Gasteiger charge is -2.10. The van der Waals surface area contributed by atoms with Gasteiger partial charge < -0.3 is 5.11 Å². The second-order valence-electron chi connectivity index (χ2n) is 4.48. The van der Waals surface area contributed by atoms with E-state index in [1.54, 1.807) is 6.07 Å². The highest BCUT2D eigenvalue weighted by Gasteiger charge is 2.16. The van der Waals surface area contributed by atoms with Crippen LogP contribution >= 0.6 is 0 Å². The van der Waals surface area contributed by atoms with Gasteiger partial charge in [0.1, 0.15) is 0 Å². The van der Waals surface area contributed by atoms with Gasteiger partial charge in [-0.15, -0.1) is 0 Å². The first-order valence-electron chi connectivity index (χ1n) is 6.05. The molecule has 0 saturated carbocycles. The number of aliphatic hydroxyl groups is 1. The number of aliphatic hydroxyl groups excluding tert-OH is 1. The highest BCUT2D eigenvalue weighted by Crippen LogP contribution is 2.21. The second-order valence-corrected chi connectivity index (χ2v) is 6.17. The van der Waals surface area contributed by atoms with Crippen molar-refractivity contribution < 1.29 is 22.3 Å². The number of rotatable bonds is 4. The topological polar surface area (TPSA) is 66.4 Å². The first-order chi connectivity index (χ1) is 9.79. The molecule has 4 nitrogen and oxygen atoms in total.